The molecule has 0 aliphatic carbocycles. The highest BCUT2D eigenvalue weighted by atomic mass is 35.5. The fraction of sp³-hybridized carbons (Fsp3) is 0.522. The molecule has 2 saturated heterocycles. The first-order chi connectivity index (χ1) is 15.5. The van der Waals surface area contributed by atoms with Crippen LogP contribution in [0.2, 0.25) is 5.02 Å². The van der Waals surface area contributed by atoms with Crippen LogP contribution in [-0.4, -0.2) is 72.6 Å². The molecule has 0 N–H and O–H groups in total. The number of rotatable bonds is 6. The van der Waals surface area contributed by atoms with Gasteiger partial charge < -0.3 is 23.7 Å². The average Bonchev–Trinajstić information content (AvgIpc) is 3.24. The van der Waals surface area contributed by atoms with Crippen LogP contribution in [-0.2, 0) is 9.53 Å². The first kappa shape index (κ1) is 22.6. The van der Waals surface area contributed by atoms with Crippen molar-refractivity contribution < 1.29 is 23.5 Å². The van der Waals surface area contributed by atoms with Crippen molar-refractivity contribution in [2.75, 3.05) is 46.0 Å². The quantitative estimate of drug-likeness (QED) is 0.656. The molecule has 32 heavy (non-hydrogen) atoms. The van der Waals surface area contributed by atoms with E-state index in [1.54, 1.807) is 24.0 Å². The van der Waals surface area contributed by atoms with E-state index in [0.717, 1.165) is 12.8 Å². The van der Waals surface area contributed by atoms with Gasteiger partial charge in [0.15, 0.2) is 12.1 Å². The number of hydrogen-bond donors (Lipinski definition) is 0. The number of aromatic nitrogens is 1. The maximum atomic E-state index is 13.2. The van der Waals surface area contributed by atoms with Crippen LogP contribution in [0.3, 0.4) is 0 Å². The summed E-state index contributed by atoms with van der Waals surface area (Å²) in [5, 5.41) is 0.586. The number of carbonyl (C=O) groups is 2. The summed E-state index contributed by atoms with van der Waals surface area (Å²) in [5.41, 5.74) is -0.195. The summed E-state index contributed by atoms with van der Waals surface area (Å²) in [6, 6.07) is 7.21. The Bertz CT molecular complexity index is 959. The number of likely N-dealkylation sites (tertiary alicyclic amines) is 1. The highest BCUT2D eigenvalue weighted by molar-refractivity contribution is 6.30. The summed E-state index contributed by atoms with van der Waals surface area (Å²) in [4.78, 5) is 34.0. The molecule has 2 fully saturated rings. The Labute approximate surface area is 192 Å². The molecule has 1 aromatic heterocycles. The number of aryl methyl sites for hydroxylation is 1. The van der Waals surface area contributed by atoms with E-state index in [9.17, 15) is 9.59 Å². The second-order valence-electron chi connectivity index (χ2n) is 8.50. The molecule has 4 rings (SSSR count). The van der Waals surface area contributed by atoms with Crippen molar-refractivity contribution in [2.45, 2.75) is 26.2 Å². The van der Waals surface area contributed by atoms with Gasteiger partial charge >= 0.3 is 0 Å². The molecule has 0 saturated carbocycles. The Balaban J connectivity index is 1.53. The van der Waals surface area contributed by atoms with Gasteiger partial charge in [0.2, 0.25) is 5.91 Å². The summed E-state index contributed by atoms with van der Waals surface area (Å²) in [7, 11) is 0. The van der Waals surface area contributed by atoms with E-state index in [1.807, 2.05) is 17.0 Å². The summed E-state index contributed by atoms with van der Waals surface area (Å²) in [6.07, 6.45) is 3.14. The smallest absolute Gasteiger partial charge is 0.276 e. The van der Waals surface area contributed by atoms with Crippen LogP contribution in [0.25, 0.3) is 0 Å². The van der Waals surface area contributed by atoms with Crippen LogP contribution >= 0.6 is 11.6 Å². The van der Waals surface area contributed by atoms with E-state index in [-0.39, 0.29) is 11.8 Å². The van der Waals surface area contributed by atoms with Gasteiger partial charge in [0.25, 0.3) is 5.91 Å². The maximum absolute atomic E-state index is 13.2. The Morgan fingerprint density at radius 3 is 2.75 bits per heavy atom. The van der Waals surface area contributed by atoms with E-state index >= 15 is 0 Å². The standard InChI is InChI=1S/C23H28ClN3O5/c1-17-21(25-16-32-17)22(29)27-7-3-6-23(14-27,13-20(28)26-8-10-30-11-9-26)15-31-19-5-2-4-18(24)12-19/h2,4-5,12,16H,3,6-11,13-15H2,1H3. The lowest BCUT2D eigenvalue weighted by molar-refractivity contribution is -0.139. The predicted octanol–water partition coefficient (Wildman–Crippen LogP) is 3.19. The topological polar surface area (TPSA) is 85.1 Å². The summed E-state index contributed by atoms with van der Waals surface area (Å²) in [5.74, 6) is 1.02. The van der Waals surface area contributed by atoms with Gasteiger partial charge in [-0.1, -0.05) is 17.7 Å². The summed E-state index contributed by atoms with van der Waals surface area (Å²) in [6.45, 7) is 5.33. The second kappa shape index (κ2) is 9.92. The largest absolute Gasteiger partial charge is 0.493 e. The molecule has 2 amide bonds. The van der Waals surface area contributed by atoms with E-state index < -0.39 is 5.41 Å². The van der Waals surface area contributed by atoms with Crippen molar-refractivity contribution in [1.29, 1.82) is 0 Å². The molecule has 2 aliphatic rings. The van der Waals surface area contributed by atoms with Crippen LogP contribution in [0.4, 0.5) is 0 Å². The van der Waals surface area contributed by atoms with Gasteiger partial charge in [-0.3, -0.25) is 9.59 Å². The van der Waals surface area contributed by atoms with E-state index in [4.69, 9.17) is 25.5 Å². The van der Waals surface area contributed by atoms with Gasteiger partial charge in [-0.25, -0.2) is 4.98 Å². The minimum absolute atomic E-state index is 0.0647. The third-order valence-corrected chi connectivity index (χ3v) is 6.36. The first-order valence-corrected chi connectivity index (χ1v) is 11.3. The zero-order valence-electron chi connectivity index (χ0n) is 18.2. The summed E-state index contributed by atoms with van der Waals surface area (Å²) < 4.78 is 16.7. The Morgan fingerprint density at radius 2 is 2.03 bits per heavy atom. The van der Waals surface area contributed by atoms with Gasteiger partial charge in [-0.2, -0.15) is 0 Å². The first-order valence-electron chi connectivity index (χ1n) is 10.9. The molecule has 2 aromatic rings. The summed E-state index contributed by atoms with van der Waals surface area (Å²) >= 11 is 6.10. The fourth-order valence-electron chi connectivity index (χ4n) is 4.39. The normalized spacial score (nSPS) is 21.4. The van der Waals surface area contributed by atoms with Crippen LogP contribution in [0.15, 0.2) is 35.1 Å². The van der Waals surface area contributed by atoms with E-state index in [1.165, 1.54) is 6.39 Å². The molecule has 1 unspecified atom stereocenters. The van der Waals surface area contributed by atoms with Crippen molar-refractivity contribution >= 4 is 23.4 Å². The highest BCUT2D eigenvalue weighted by Crippen LogP contribution is 2.36. The lowest BCUT2D eigenvalue weighted by Crippen LogP contribution is -2.52. The Morgan fingerprint density at radius 1 is 1.22 bits per heavy atom. The molecule has 9 heteroatoms. The minimum atomic E-state index is -0.511. The molecule has 3 heterocycles. The monoisotopic (exact) mass is 461 g/mol. The average molecular weight is 462 g/mol. The molecule has 0 radical (unpaired) electrons. The van der Waals surface area contributed by atoms with Crippen molar-refractivity contribution in [2.24, 2.45) is 5.41 Å². The molecule has 0 bridgehead atoms. The maximum Gasteiger partial charge on any atom is 0.276 e. The molecule has 8 nitrogen and oxygen atoms in total. The Hall–Kier alpha value is -2.58. The Kier molecular flexibility index (Phi) is 7.01. The van der Waals surface area contributed by atoms with Crippen molar-refractivity contribution in [1.82, 2.24) is 14.8 Å². The van der Waals surface area contributed by atoms with Gasteiger partial charge in [-0.15, -0.1) is 0 Å². The van der Waals surface area contributed by atoms with Gasteiger partial charge in [0.1, 0.15) is 11.5 Å². The lowest BCUT2D eigenvalue weighted by Gasteiger charge is -2.43. The van der Waals surface area contributed by atoms with Gasteiger partial charge in [0, 0.05) is 43.0 Å². The van der Waals surface area contributed by atoms with Crippen LogP contribution in [0.1, 0.15) is 35.5 Å². The van der Waals surface area contributed by atoms with E-state index in [2.05, 4.69) is 4.98 Å². The fourth-order valence-corrected chi connectivity index (χ4v) is 4.57. The number of piperidine rings is 1. The van der Waals surface area contributed by atoms with Crippen molar-refractivity contribution in [3.8, 4) is 5.75 Å². The number of ether oxygens (including phenoxy) is 2. The van der Waals surface area contributed by atoms with Crippen molar-refractivity contribution in [3.05, 3.63) is 47.1 Å². The predicted molar refractivity (Wildman–Crippen MR) is 118 cm³/mol. The number of nitrogens with zero attached hydrogens (tertiary/aromatic N) is 3. The molecule has 0 spiro atoms. The number of hydrogen-bond acceptors (Lipinski definition) is 6. The van der Waals surface area contributed by atoms with Crippen molar-refractivity contribution in [3.63, 3.8) is 0 Å². The van der Waals surface area contributed by atoms with Crippen LogP contribution in [0, 0.1) is 12.3 Å². The number of amides is 2. The van der Waals surface area contributed by atoms with Crippen LogP contribution in [0.5, 0.6) is 5.75 Å². The molecular formula is C23H28ClN3O5. The number of benzene rings is 1. The third kappa shape index (κ3) is 5.24. The zero-order chi connectivity index (χ0) is 22.6. The molecular weight excluding hydrogens is 434 g/mol. The molecule has 2 aliphatic heterocycles. The van der Waals surface area contributed by atoms with E-state index in [0.29, 0.717) is 74.6 Å². The molecule has 1 aromatic carbocycles. The third-order valence-electron chi connectivity index (χ3n) is 6.13. The van der Waals surface area contributed by atoms with Gasteiger partial charge in [0.05, 0.1) is 19.8 Å². The van der Waals surface area contributed by atoms with Crippen LogP contribution < -0.4 is 4.74 Å². The van der Waals surface area contributed by atoms with Gasteiger partial charge in [-0.05, 0) is 38.0 Å². The SMILES string of the molecule is Cc1ocnc1C(=O)N1CCCC(COc2cccc(Cl)c2)(CC(=O)N2CCOCC2)C1. The molecule has 172 valence electrons. The lowest BCUT2D eigenvalue weighted by atomic mass is 9.77. The number of carbonyl (C=O) groups excluding carboxylic acids is 2. The zero-order valence-corrected chi connectivity index (χ0v) is 19.0. The number of halogens is 1. The second-order valence-corrected chi connectivity index (χ2v) is 8.94. The number of morpholine rings is 1. The molecule has 1 atom stereocenters. The highest BCUT2D eigenvalue weighted by Gasteiger charge is 2.41. The number of oxazole rings is 1. The minimum Gasteiger partial charge on any atom is -0.493 e.